The van der Waals surface area contributed by atoms with Crippen LogP contribution < -0.4 is 20.7 Å². The van der Waals surface area contributed by atoms with E-state index < -0.39 is 28.4 Å². The fraction of sp³-hybridized carbons (Fsp3) is 0.100. The van der Waals surface area contributed by atoms with E-state index in [4.69, 9.17) is 5.11 Å². The van der Waals surface area contributed by atoms with E-state index in [-0.39, 0.29) is 4.90 Å². The average molecular weight is 456 g/mol. The van der Waals surface area contributed by atoms with Crippen LogP contribution in [-0.4, -0.2) is 49.0 Å². The smallest absolute Gasteiger partial charge is 0.322 e. The first-order chi connectivity index (χ1) is 15.3. The Morgan fingerprint density at radius 3 is 2.22 bits per heavy atom. The number of carboxylic acids is 1. The Bertz CT molecular complexity index is 1230. The summed E-state index contributed by atoms with van der Waals surface area (Å²) in [6, 6.07) is 14.3. The minimum Gasteiger partial charge on any atom is -0.480 e. The van der Waals surface area contributed by atoms with E-state index >= 15 is 0 Å². The maximum atomic E-state index is 12.0. The third-order valence-corrected chi connectivity index (χ3v) is 5.58. The number of carbonyl (C=O) groups is 2. The summed E-state index contributed by atoms with van der Waals surface area (Å²) in [5.41, 5.74) is 1.49. The summed E-state index contributed by atoms with van der Waals surface area (Å²) in [6.45, 7) is -0.459. The minimum absolute atomic E-state index is 0.116. The van der Waals surface area contributed by atoms with Gasteiger partial charge >= 0.3 is 5.97 Å². The highest BCUT2D eigenvalue weighted by Crippen LogP contribution is 2.21. The number of nitrogens with zero attached hydrogens (tertiary/aromatic N) is 2. The van der Waals surface area contributed by atoms with Crippen molar-refractivity contribution in [2.75, 3.05) is 24.2 Å². The van der Waals surface area contributed by atoms with Gasteiger partial charge < -0.3 is 21.1 Å². The molecule has 1 amide bonds. The van der Waals surface area contributed by atoms with Crippen molar-refractivity contribution in [2.45, 2.75) is 4.90 Å². The predicted molar refractivity (Wildman–Crippen MR) is 118 cm³/mol. The molecule has 0 aliphatic heterocycles. The number of sulfonamides is 1. The number of anilines is 4. The fourth-order valence-corrected chi connectivity index (χ4v) is 3.39. The number of rotatable bonds is 9. The number of aromatic nitrogens is 2. The molecule has 1 heterocycles. The molecule has 1 aromatic heterocycles. The van der Waals surface area contributed by atoms with E-state index in [1.165, 1.54) is 25.5 Å². The molecule has 0 unspecified atom stereocenters. The van der Waals surface area contributed by atoms with Crippen molar-refractivity contribution in [1.29, 1.82) is 0 Å². The Labute approximate surface area is 184 Å². The number of benzene rings is 2. The lowest BCUT2D eigenvalue weighted by molar-refractivity contribution is -0.135. The molecule has 3 rings (SSSR count). The van der Waals surface area contributed by atoms with E-state index in [0.29, 0.717) is 28.6 Å². The van der Waals surface area contributed by atoms with E-state index in [2.05, 4.69) is 30.6 Å². The summed E-state index contributed by atoms with van der Waals surface area (Å²) >= 11 is 0. The Hall–Kier alpha value is -4.03. The maximum Gasteiger partial charge on any atom is 0.322 e. The molecule has 0 saturated carbocycles. The number of carbonyl (C=O) groups excluding carboxylic acids is 1. The zero-order valence-corrected chi connectivity index (χ0v) is 17.7. The fourth-order valence-electron chi connectivity index (χ4n) is 2.61. The van der Waals surface area contributed by atoms with Crippen molar-refractivity contribution in [3.63, 3.8) is 0 Å². The molecule has 0 aliphatic carbocycles. The van der Waals surface area contributed by atoms with Crippen LogP contribution in [0, 0.1) is 0 Å². The molecule has 0 aliphatic rings. The molecule has 166 valence electrons. The van der Waals surface area contributed by atoms with Crippen LogP contribution in [0.15, 0.2) is 65.8 Å². The molecule has 0 atom stereocenters. The second kappa shape index (κ2) is 9.85. The Morgan fingerprint density at radius 2 is 1.59 bits per heavy atom. The van der Waals surface area contributed by atoms with Gasteiger partial charge in [-0.25, -0.2) is 23.1 Å². The Kier molecular flexibility index (Phi) is 6.97. The van der Waals surface area contributed by atoms with E-state index in [1.54, 1.807) is 42.5 Å². The quantitative estimate of drug-likeness (QED) is 0.322. The van der Waals surface area contributed by atoms with Gasteiger partial charge in [0, 0.05) is 23.0 Å². The largest absolute Gasteiger partial charge is 0.480 e. The van der Waals surface area contributed by atoms with Gasteiger partial charge in [-0.2, -0.15) is 0 Å². The van der Waals surface area contributed by atoms with E-state index in [1.807, 2.05) is 0 Å². The lowest BCUT2D eigenvalue weighted by Gasteiger charge is -2.10. The highest BCUT2D eigenvalue weighted by molar-refractivity contribution is 7.89. The minimum atomic E-state index is -3.57. The van der Waals surface area contributed by atoms with Gasteiger partial charge in [0.2, 0.25) is 10.0 Å². The predicted octanol–water partition coefficient (Wildman–Crippen LogP) is 1.69. The lowest BCUT2D eigenvalue weighted by Crippen LogP contribution is -2.29. The summed E-state index contributed by atoms with van der Waals surface area (Å²) in [5.74, 6) is -0.717. The number of aliphatic carboxylic acids is 1. The zero-order valence-electron chi connectivity index (χ0n) is 16.9. The highest BCUT2D eigenvalue weighted by Gasteiger charge is 2.12. The van der Waals surface area contributed by atoms with Gasteiger partial charge in [-0.15, -0.1) is 0 Å². The molecular weight excluding hydrogens is 436 g/mol. The van der Waals surface area contributed by atoms with Crippen LogP contribution in [0.2, 0.25) is 0 Å². The number of carboxylic acid groups (broad SMARTS) is 1. The van der Waals surface area contributed by atoms with Gasteiger partial charge in [-0.05, 0) is 49.5 Å². The van der Waals surface area contributed by atoms with Crippen molar-refractivity contribution >= 4 is 44.9 Å². The van der Waals surface area contributed by atoms with Crippen molar-refractivity contribution < 1.29 is 23.1 Å². The highest BCUT2D eigenvalue weighted by atomic mass is 32.2. The van der Waals surface area contributed by atoms with Crippen molar-refractivity contribution in [1.82, 2.24) is 20.0 Å². The number of nitrogens with one attached hydrogen (secondary N) is 4. The SMILES string of the molecule is CNS(=O)(=O)c1cccc(Nc2cc(Nc3ccc(C(=O)NCC(=O)O)cc3)ncn2)c1. The van der Waals surface area contributed by atoms with Crippen LogP contribution in [-0.2, 0) is 14.8 Å². The third kappa shape index (κ3) is 6.00. The Morgan fingerprint density at radius 1 is 0.938 bits per heavy atom. The lowest BCUT2D eigenvalue weighted by atomic mass is 10.2. The molecule has 5 N–H and O–H groups in total. The van der Waals surface area contributed by atoms with Gasteiger partial charge in [0.05, 0.1) is 4.90 Å². The van der Waals surface area contributed by atoms with E-state index in [9.17, 15) is 18.0 Å². The topological polar surface area (TPSA) is 162 Å². The van der Waals surface area contributed by atoms with Crippen molar-refractivity contribution in [3.8, 4) is 0 Å². The second-order valence-corrected chi connectivity index (χ2v) is 8.31. The summed E-state index contributed by atoms with van der Waals surface area (Å²) in [7, 11) is -2.23. The summed E-state index contributed by atoms with van der Waals surface area (Å²) in [6.07, 6.45) is 1.34. The maximum absolute atomic E-state index is 12.0. The molecule has 0 spiro atoms. The molecule has 0 bridgehead atoms. The first kappa shape index (κ1) is 22.7. The standard InChI is InChI=1S/C20H20N6O5S/c1-21-32(30,31)16-4-2-3-15(9-16)26-18-10-17(23-12-24-18)25-14-7-5-13(6-8-14)20(29)22-11-19(27)28/h2-10,12,21H,11H2,1H3,(H,22,29)(H,27,28)(H2,23,24,25,26). The van der Waals surface area contributed by atoms with Gasteiger partial charge in [0.1, 0.15) is 24.5 Å². The molecule has 0 saturated heterocycles. The zero-order chi connectivity index (χ0) is 23.1. The number of amides is 1. The summed E-state index contributed by atoms with van der Waals surface area (Å²) in [5, 5.41) is 17.0. The van der Waals surface area contributed by atoms with Crippen LogP contribution >= 0.6 is 0 Å². The van der Waals surface area contributed by atoms with Crippen molar-refractivity contribution in [3.05, 3.63) is 66.5 Å². The molecule has 3 aromatic rings. The monoisotopic (exact) mass is 456 g/mol. The average Bonchev–Trinajstić information content (AvgIpc) is 2.78. The van der Waals surface area contributed by atoms with Crippen LogP contribution in [0.1, 0.15) is 10.4 Å². The molecule has 11 nitrogen and oxygen atoms in total. The molecule has 32 heavy (non-hydrogen) atoms. The first-order valence-corrected chi connectivity index (χ1v) is 10.7. The van der Waals surface area contributed by atoms with E-state index in [0.717, 1.165) is 0 Å². The summed E-state index contributed by atoms with van der Waals surface area (Å²) in [4.78, 5) is 30.8. The number of hydrogen-bond acceptors (Lipinski definition) is 8. The van der Waals surface area contributed by atoms with Gasteiger partial charge in [0.25, 0.3) is 5.91 Å². The number of hydrogen-bond donors (Lipinski definition) is 5. The molecule has 12 heteroatoms. The van der Waals surface area contributed by atoms with Gasteiger partial charge in [-0.1, -0.05) is 6.07 Å². The van der Waals surface area contributed by atoms with Crippen LogP contribution in [0.5, 0.6) is 0 Å². The van der Waals surface area contributed by atoms with Crippen LogP contribution in [0.25, 0.3) is 0 Å². The van der Waals surface area contributed by atoms with Crippen LogP contribution in [0.3, 0.4) is 0 Å². The summed E-state index contributed by atoms with van der Waals surface area (Å²) < 4.78 is 26.2. The van der Waals surface area contributed by atoms with Crippen LogP contribution in [0.4, 0.5) is 23.0 Å². The molecule has 0 radical (unpaired) electrons. The second-order valence-electron chi connectivity index (χ2n) is 6.43. The Balaban J connectivity index is 1.69. The van der Waals surface area contributed by atoms with Crippen molar-refractivity contribution in [2.24, 2.45) is 0 Å². The first-order valence-electron chi connectivity index (χ1n) is 9.26. The van der Waals surface area contributed by atoms with Gasteiger partial charge in [0.15, 0.2) is 0 Å². The third-order valence-electron chi connectivity index (χ3n) is 4.17. The molecule has 0 fully saturated rings. The normalized spacial score (nSPS) is 10.9. The van der Waals surface area contributed by atoms with Gasteiger partial charge in [-0.3, -0.25) is 9.59 Å². The molecular formula is C20H20N6O5S. The molecule has 2 aromatic carbocycles.